The summed E-state index contributed by atoms with van der Waals surface area (Å²) in [6.45, 7) is 5.52. The second-order valence-electron chi connectivity index (χ2n) is 9.81. The van der Waals surface area contributed by atoms with Gasteiger partial charge in [-0.2, -0.15) is 0 Å². The zero-order chi connectivity index (χ0) is 26.0. The molecule has 3 aliphatic heterocycles. The maximum absolute atomic E-state index is 13.2. The molecule has 3 aliphatic rings. The van der Waals surface area contributed by atoms with E-state index in [9.17, 15) is 14.7 Å². The molecule has 0 spiro atoms. The van der Waals surface area contributed by atoms with E-state index in [1.165, 1.54) is 0 Å². The lowest BCUT2D eigenvalue weighted by atomic mass is 9.95. The Balaban J connectivity index is 1.27. The molecule has 4 rings (SSSR count). The maximum Gasteiger partial charge on any atom is 0.322 e. The maximum atomic E-state index is 13.2. The molecule has 37 heavy (non-hydrogen) atoms. The number of hydrogen-bond acceptors (Lipinski definition) is 8. The van der Waals surface area contributed by atoms with Gasteiger partial charge in [-0.3, -0.25) is 9.69 Å². The third kappa shape index (κ3) is 8.27. The lowest BCUT2D eigenvalue weighted by molar-refractivity contribution is -0.149. The molecule has 3 heterocycles. The minimum Gasteiger partial charge on any atom is -0.497 e. The van der Waals surface area contributed by atoms with Crippen LogP contribution >= 0.6 is 0 Å². The molecule has 206 valence electrons. The van der Waals surface area contributed by atoms with Gasteiger partial charge in [0, 0.05) is 31.4 Å². The van der Waals surface area contributed by atoms with E-state index >= 15 is 0 Å². The van der Waals surface area contributed by atoms with Gasteiger partial charge in [0.15, 0.2) is 0 Å². The number of fused-ring (bicyclic) bond motifs is 1. The van der Waals surface area contributed by atoms with Crippen LogP contribution < -0.4 is 15.4 Å². The fourth-order valence-corrected chi connectivity index (χ4v) is 5.10. The fraction of sp³-hybridized carbons (Fsp3) is 0.692. The number of rotatable bonds is 8. The first kappa shape index (κ1) is 27.6. The van der Waals surface area contributed by atoms with Crippen molar-refractivity contribution in [3.05, 3.63) is 24.3 Å². The van der Waals surface area contributed by atoms with Crippen LogP contribution in [0.25, 0.3) is 0 Å². The van der Waals surface area contributed by atoms with Gasteiger partial charge in [-0.25, -0.2) is 4.79 Å². The number of morpholine rings is 1. The van der Waals surface area contributed by atoms with Crippen LogP contribution in [0.15, 0.2) is 24.3 Å². The Hall–Kier alpha value is -2.44. The van der Waals surface area contributed by atoms with Crippen LogP contribution in [0.3, 0.4) is 0 Å². The second kappa shape index (κ2) is 13.9. The standard InChI is InChI=1S/C26H40N4O7/c1-34-21-5-2-4-19(14-21)28-26(33)30-16-20(31)17-36-18-24-23(30)7-6-22(37-24)15-25(32)27-8-3-9-29-10-12-35-13-11-29/h2,4-5,14,20,22-24,31H,3,6-13,15-18H2,1H3,(H,27,32)(H,28,33)/t20-,22-,23+,24-/m1/s1. The van der Waals surface area contributed by atoms with E-state index in [4.69, 9.17) is 18.9 Å². The summed E-state index contributed by atoms with van der Waals surface area (Å²) in [5.41, 5.74) is 0.605. The molecule has 0 saturated carbocycles. The number of hydrogen-bond donors (Lipinski definition) is 3. The number of nitrogens with zero attached hydrogens (tertiary/aromatic N) is 2. The number of aliphatic hydroxyl groups is 1. The van der Waals surface area contributed by atoms with Crippen molar-refractivity contribution in [2.75, 3.05) is 71.6 Å². The normalized spacial score (nSPS) is 26.9. The molecule has 11 nitrogen and oxygen atoms in total. The Morgan fingerprint density at radius 3 is 2.81 bits per heavy atom. The number of benzene rings is 1. The number of carbonyl (C=O) groups is 2. The molecule has 11 heteroatoms. The van der Waals surface area contributed by atoms with Gasteiger partial charge in [-0.1, -0.05) is 6.07 Å². The number of nitrogens with one attached hydrogen (secondary N) is 2. The Kier molecular flexibility index (Phi) is 10.4. The molecule has 3 saturated heterocycles. The van der Waals surface area contributed by atoms with Crippen molar-refractivity contribution in [3.8, 4) is 5.75 Å². The highest BCUT2D eigenvalue weighted by atomic mass is 16.5. The topological polar surface area (TPSA) is 122 Å². The van der Waals surface area contributed by atoms with Crippen molar-refractivity contribution in [2.45, 2.75) is 50.0 Å². The van der Waals surface area contributed by atoms with E-state index in [0.29, 0.717) is 30.8 Å². The predicted molar refractivity (Wildman–Crippen MR) is 137 cm³/mol. The molecule has 1 aromatic rings. The van der Waals surface area contributed by atoms with Crippen LogP contribution in [0.5, 0.6) is 5.75 Å². The predicted octanol–water partition coefficient (Wildman–Crippen LogP) is 1.07. The van der Waals surface area contributed by atoms with Crippen LogP contribution in [0.2, 0.25) is 0 Å². The van der Waals surface area contributed by atoms with Crippen LogP contribution in [0.1, 0.15) is 25.7 Å². The number of amides is 3. The molecule has 3 N–H and O–H groups in total. The van der Waals surface area contributed by atoms with Crippen LogP contribution in [0, 0.1) is 0 Å². The number of anilines is 1. The molecule has 3 amide bonds. The average Bonchev–Trinajstić information content (AvgIpc) is 2.90. The third-order valence-electron chi connectivity index (χ3n) is 7.05. The van der Waals surface area contributed by atoms with E-state index in [1.54, 1.807) is 36.3 Å². The summed E-state index contributed by atoms with van der Waals surface area (Å²) in [6, 6.07) is 6.55. The quantitative estimate of drug-likeness (QED) is 0.435. The first-order chi connectivity index (χ1) is 18.0. The van der Waals surface area contributed by atoms with Crippen molar-refractivity contribution in [2.24, 2.45) is 0 Å². The van der Waals surface area contributed by atoms with E-state index in [2.05, 4.69) is 15.5 Å². The van der Waals surface area contributed by atoms with Crippen molar-refractivity contribution >= 4 is 17.6 Å². The summed E-state index contributed by atoms with van der Waals surface area (Å²) < 4.78 is 22.5. The Labute approximate surface area is 218 Å². The Morgan fingerprint density at radius 1 is 1.16 bits per heavy atom. The van der Waals surface area contributed by atoms with E-state index in [1.807, 2.05) is 0 Å². The number of ether oxygens (including phenoxy) is 4. The number of carbonyl (C=O) groups excluding carboxylic acids is 2. The van der Waals surface area contributed by atoms with Crippen LogP contribution in [-0.2, 0) is 19.0 Å². The minimum absolute atomic E-state index is 0.0276. The third-order valence-corrected chi connectivity index (χ3v) is 7.05. The Morgan fingerprint density at radius 2 is 2.00 bits per heavy atom. The zero-order valence-electron chi connectivity index (χ0n) is 21.6. The number of aliphatic hydroxyl groups excluding tert-OH is 1. The van der Waals surface area contributed by atoms with Gasteiger partial charge >= 0.3 is 6.03 Å². The molecule has 4 atom stereocenters. The number of β-amino-alcohol motifs (C(OH)–C–C–N with tert-alkyl or cyclic N) is 1. The second-order valence-corrected chi connectivity index (χ2v) is 9.81. The summed E-state index contributed by atoms with van der Waals surface area (Å²) in [5.74, 6) is 0.611. The summed E-state index contributed by atoms with van der Waals surface area (Å²) in [6.07, 6.45) is 1.06. The molecule has 3 fully saturated rings. The highest BCUT2D eigenvalue weighted by molar-refractivity contribution is 5.89. The van der Waals surface area contributed by atoms with Gasteiger partial charge in [0.1, 0.15) is 11.9 Å². The number of methoxy groups -OCH3 is 1. The zero-order valence-corrected chi connectivity index (χ0v) is 21.6. The first-order valence-electron chi connectivity index (χ1n) is 13.2. The van der Waals surface area contributed by atoms with Gasteiger partial charge in [0.05, 0.1) is 64.8 Å². The van der Waals surface area contributed by atoms with Crippen molar-refractivity contribution in [1.82, 2.24) is 15.1 Å². The monoisotopic (exact) mass is 520 g/mol. The molecular formula is C26H40N4O7. The molecule has 0 radical (unpaired) electrons. The van der Waals surface area contributed by atoms with Gasteiger partial charge < -0.3 is 39.6 Å². The van der Waals surface area contributed by atoms with E-state index < -0.39 is 6.10 Å². The lowest BCUT2D eigenvalue weighted by Crippen LogP contribution is -2.58. The summed E-state index contributed by atoms with van der Waals surface area (Å²) in [7, 11) is 1.57. The van der Waals surface area contributed by atoms with Crippen molar-refractivity contribution < 1.29 is 33.6 Å². The molecule has 0 unspecified atom stereocenters. The van der Waals surface area contributed by atoms with Crippen LogP contribution in [0.4, 0.5) is 10.5 Å². The first-order valence-corrected chi connectivity index (χ1v) is 13.2. The minimum atomic E-state index is -0.794. The lowest BCUT2D eigenvalue weighted by Gasteiger charge is -2.44. The van der Waals surface area contributed by atoms with Gasteiger partial charge in [-0.15, -0.1) is 0 Å². The van der Waals surface area contributed by atoms with E-state index in [-0.39, 0.29) is 56.4 Å². The SMILES string of the molecule is COc1cccc(NC(=O)N2C[C@@H](O)COC[C@H]3O[C@@H](CC(=O)NCCCN4CCOCC4)CC[C@@H]32)c1. The summed E-state index contributed by atoms with van der Waals surface area (Å²) in [5, 5.41) is 16.3. The van der Waals surface area contributed by atoms with Gasteiger partial charge in [0.25, 0.3) is 0 Å². The van der Waals surface area contributed by atoms with Crippen molar-refractivity contribution in [1.29, 1.82) is 0 Å². The molecule has 0 aromatic heterocycles. The number of urea groups is 1. The Bertz CT molecular complexity index is 882. The molecule has 1 aromatic carbocycles. The smallest absolute Gasteiger partial charge is 0.322 e. The molecule has 0 aliphatic carbocycles. The van der Waals surface area contributed by atoms with Crippen LogP contribution in [-0.4, -0.2) is 117 Å². The highest BCUT2D eigenvalue weighted by Gasteiger charge is 2.40. The van der Waals surface area contributed by atoms with Gasteiger partial charge in [0.2, 0.25) is 5.91 Å². The molecular weight excluding hydrogens is 480 g/mol. The average molecular weight is 521 g/mol. The fourth-order valence-electron chi connectivity index (χ4n) is 5.10. The van der Waals surface area contributed by atoms with E-state index in [0.717, 1.165) is 39.3 Å². The summed E-state index contributed by atoms with van der Waals surface area (Å²) >= 11 is 0. The van der Waals surface area contributed by atoms with Gasteiger partial charge in [-0.05, 0) is 37.9 Å². The molecule has 0 bridgehead atoms. The largest absolute Gasteiger partial charge is 0.497 e. The summed E-state index contributed by atoms with van der Waals surface area (Å²) in [4.78, 5) is 29.8. The van der Waals surface area contributed by atoms with Crippen molar-refractivity contribution in [3.63, 3.8) is 0 Å². The highest BCUT2D eigenvalue weighted by Crippen LogP contribution is 2.28.